The third-order valence-electron chi connectivity index (χ3n) is 7.61. The van der Waals surface area contributed by atoms with Gasteiger partial charge in [0.2, 0.25) is 0 Å². The molecule has 0 aliphatic carbocycles. The van der Waals surface area contributed by atoms with Gasteiger partial charge in [0.05, 0.1) is 33.9 Å². The van der Waals surface area contributed by atoms with E-state index in [0.717, 1.165) is 43.7 Å². The molecule has 1 N–H and O–H groups in total. The van der Waals surface area contributed by atoms with E-state index in [1.807, 2.05) is 33.2 Å². The Bertz CT molecular complexity index is 829. The molecule has 1 aromatic carbocycles. The second kappa shape index (κ2) is 21.5. The number of ketones is 1. The molecule has 0 spiro atoms. The minimum atomic E-state index is -4.17. The van der Waals surface area contributed by atoms with Crippen LogP contribution in [0.2, 0.25) is 0 Å². The maximum atomic E-state index is 12.4. The lowest BCUT2D eigenvalue weighted by atomic mass is 9.94. The summed E-state index contributed by atoms with van der Waals surface area (Å²) in [5, 5.41) is 0. The number of nitrogens with zero attached hydrogens (tertiary/aromatic N) is 1. The maximum absolute atomic E-state index is 12.4. The number of hydrogen-bond donors (Lipinski definition) is 1. The summed E-state index contributed by atoms with van der Waals surface area (Å²) in [6.45, 7) is 8.71. The summed E-state index contributed by atoms with van der Waals surface area (Å²) in [5.74, 6) is 0.894. The number of hydrogen-bond acceptors (Lipinski definition) is 5. The van der Waals surface area contributed by atoms with E-state index in [-0.39, 0.29) is 24.9 Å². The van der Waals surface area contributed by atoms with E-state index in [1.165, 1.54) is 51.4 Å². The maximum Gasteiger partial charge on any atom is 0.472 e. The molecular weight excluding hydrogens is 525 g/mol. The molecule has 8 heteroatoms. The number of Topliss-reactive ketones (excluding diaryl/α,β-unsaturated/α-hetero) is 1. The molecule has 232 valence electrons. The highest BCUT2D eigenvalue weighted by molar-refractivity contribution is 7.47. The quantitative estimate of drug-likeness (QED) is 0.0672. The van der Waals surface area contributed by atoms with E-state index in [4.69, 9.17) is 13.8 Å². The Morgan fingerprint density at radius 3 is 2.10 bits per heavy atom. The van der Waals surface area contributed by atoms with Crippen molar-refractivity contribution in [1.82, 2.24) is 0 Å². The van der Waals surface area contributed by atoms with E-state index < -0.39 is 7.82 Å². The van der Waals surface area contributed by atoms with Crippen LogP contribution in [-0.4, -0.2) is 62.2 Å². The smallest absolute Gasteiger partial charge is 0.472 e. The lowest BCUT2D eigenvalue weighted by Crippen LogP contribution is -2.41. The fraction of sp³-hybridized carbons (Fsp3) is 0.781. The van der Waals surface area contributed by atoms with Crippen LogP contribution in [0.5, 0.6) is 5.75 Å². The number of phosphoric acid groups is 1. The van der Waals surface area contributed by atoms with Crippen LogP contribution in [0, 0.1) is 5.92 Å². The van der Waals surface area contributed by atoms with Crippen LogP contribution in [-0.2, 0) is 24.8 Å². The van der Waals surface area contributed by atoms with Crippen molar-refractivity contribution in [3.05, 3.63) is 29.8 Å². The number of benzene rings is 1. The monoisotopic (exact) mass is 584 g/mol. The van der Waals surface area contributed by atoms with Gasteiger partial charge in [-0.1, -0.05) is 77.3 Å². The molecule has 0 fully saturated rings. The first kappa shape index (κ1) is 36.8. The normalized spacial score (nSPS) is 14.2. The minimum absolute atomic E-state index is 0.0230. The molecular formula is C32H59NO6P+. The van der Waals surface area contributed by atoms with Gasteiger partial charge in [0.15, 0.2) is 0 Å². The lowest BCUT2D eigenvalue weighted by molar-refractivity contribution is -0.888. The fourth-order valence-electron chi connectivity index (χ4n) is 4.47. The summed E-state index contributed by atoms with van der Waals surface area (Å²) in [6, 6.07) is 8.13. The second-order valence-corrected chi connectivity index (χ2v) is 13.2. The molecule has 2 atom stereocenters. The van der Waals surface area contributed by atoms with Gasteiger partial charge in [0.25, 0.3) is 0 Å². The third kappa shape index (κ3) is 19.0. The van der Waals surface area contributed by atoms with E-state index in [9.17, 15) is 14.3 Å². The number of phosphoric ester groups is 1. The number of carbonyl (C=O) groups is 1. The standard InChI is InChI=1S/C32H58NO6P/c1-6-9-10-11-12-13-14-15-16-25-37-32-22-20-29(21-23-32)18-19-30(27-31(34)17-7-2)28-39-40(35,36)38-26-24-33(4,5)8-3/h20-23,30H,6-19,24-28H2,1-5H3/p+1. The van der Waals surface area contributed by atoms with E-state index in [0.29, 0.717) is 30.3 Å². The average molecular weight is 585 g/mol. The van der Waals surface area contributed by atoms with Crippen molar-refractivity contribution in [2.75, 3.05) is 47.0 Å². The van der Waals surface area contributed by atoms with Crippen molar-refractivity contribution in [2.24, 2.45) is 5.92 Å². The van der Waals surface area contributed by atoms with Gasteiger partial charge in [-0.05, 0) is 56.2 Å². The molecule has 0 aliphatic rings. The third-order valence-corrected chi connectivity index (χ3v) is 8.59. The van der Waals surface area contributed by atoms with Crippen molar-refractivity contribution in [1.29, 1.82) is 0 Å². The number of quaternary nitrogens is 1. The number of likely N-dealkylation sites (N-methyl/N-ethyl adjacent to an activating group) is 1. The molecule has 40 heavy (non-hydrogen) atoms. The molecule has 0 bridgehead atoms. The van der Waals surface area contributed by atoms with Crippen LogP contribution in [0.15, 0.2) is 24.3 Å². The zero-order valence-electron chi connectivity index (χ0n) is 26.2. The van der Waals surface area contributed by atoms with Crippen LogP contribution in [0.4, 0.5) is 0 Å². The number of rotatable bonds is 26. The summed E-state index contributed by atoms with van der Waals surface area (Å²) >= 11 is 0. The Labute approximate surface area is 245 Å². The Kier molecular flexibility index (Phi) is 19.7. The Hall–Kier alpha value is -1.24. The van der Waals surface area contributed by atoms with Gasteiger partial charge >= 0.3 is 7.82 Å². The Morgan fingerprint density at radius 1 is 0.875 bits per heavy atom. The number of aryl methyl sites for hydroxylation is 1. The predicted octanol–water partition coefficient (Wildman–Crippen LogP) is 8.13. The van der Waals surface area contributed by atoms with Gasteiger partial charge in [-0.2, -0.15) is 0 Å². The van der Waals surface area contributed by atoms with E-state index in [2.05, 4.69) is 26.0 Å². The number of ether oxygens (including phenoxy) is 1. The number of carbonyl (C=O) groups excluding carboxylic acids is 1. The van der Waals surface area contributed by atoms with Gasteiger partial charge in [-0.15, -0.1) is 0 Å². The molecule has 0 saturated heterocycles. The van der Waals surface area contributed by atoms with E-state index >= 15 is 0 Å². The first-order valence-corrected chi connectivity index (χ1v) is 17.3. The lowest BCUT2D eigenvalue weighted by Gasteiger charge is -2.28. The summed E-state index contributed by atoms with van der Waals surface area (Å²) in [5.41, 5.74) is 1.14. The van der Waals surface area contributed by atoms with Crippen molar-refractivity contribution in [3.8, 4) is 5.75 Å². The largest absolute Gasteiger partial charge is 0.494 e. The first-order valence-electron chi connectivity index (χ1n) is 15.8. The van der Waals surface area contributed by atoms with Crippen molar-refractivity contribution < 1.29 is 32.5 Å². The summed E-state index contributed by atoms with van der Waals surface area (Å²) < 4.78 is 29.6. The highest BCUT2D eigenvalue weighted by Crippen LogP contribution is 2.44. The van der Waals surface area contributed by atoms with Crippen LogP contribution < -0.4 is 4.74 Å². The first-order chi connectivity index (χ1) is 19.1. The molecule has 0 aromatic heterocycles. The topological polar surface area (TPSA) is 82.1 Å². The van der Waals surface area contributed by atoms with Crippen molar-refractivity contribution in [3.63, 3.8) is 0 Å². The molecule has 2 unspecified atom stereocenters. The molecule has 1 aromatic rings. The average Bonchev–Trinajstić information content (AvgIpc) is 2.92. The second-order valence-electron chi connectivity index (χ2n) is 11.8. The molecule has 0 heterocycles. The van der Waals surface area contributed by atoms with Gasteiger partial charge in [0, 0.05) is 12.8 Å². The molecule has 0 saturated carbocycles. The molecule has 1 rings (SSSR count). The van der Waals surface area contributed by atoms with Crippen LogP contribution in [0.25, 0.3) is 0 Å². The van der Waals surface area contributed by atoms with Crippen LogP contribution in [0.1, 0.15) is 110 Å². The summed E-state index contributed by atoms with van der Waals surface area (Å²) in [6.07, 6.45) is 14.8. The summed E-state index contributed by atoms with van der Waals surface area (Å²) in [7, 11) is -0.0876. The Balaban J connectivity index is 2.43. The van der Waals surface area contributed by atoms with Gasteiger partial charge in [-0.25, -0.2) is 4.57 Å². The van der Waals surface area contributed by atoms with Gasteiger partial charge in [0.1, 0.15) is 24.7 Å². The molecule has 0 aliphatic heterocycles. The fourth-order valence-corrected chi connectivity index (χ4v) is 5.26. The van der Waals surface area contributed by atoms with Gasteiger partial charge in [-0.3, -0.25) is 13.8 Å². The van der Waals surface area contributed by atoms with Crippen LogP contribution in [0.3, 0.4) is 0 Å². The zero-order chi connectivity index (χ0) is 29.7. The SMILES string of the molecule is CCCCCCCCCCCOc1ccc(CCC(COP(=O)(O)OCC[N+](C)(C)CC)CC(=O)CCC)cc1. The highest BCUT2D eigenvalue weighted by atomic mass is 31.2. The van der Waals surface area contributed by atoms with Crippen molar-refractivity contribution in [2.45, 2.75) is 111 Å². The molecule has 0 amide bonds. The minimum Gasteiger partial charge on any atom is -0.494 e. The molecule has 0 radical (unpaired) electrons. The van der Waals surface area contributed by atoms with Gasteiger partial charge < -0.3 is 14.1 Å². The Morgan fingerprint density at radius 2 is 1.50 bits per heavy atom. The van der Waals surface area contributed by atoms with E-state index in [1.54, 1.807) is 0 Å². The van der Waals surface area contributed by atoms with Crippen molar-refractivity contribution >= 4 is 13.6 Å². The number of unbranched alkanes of at least 4 members (excludes halogenated alkanes) is 8. The molecule has 7 nitrogen and oxygen atoms in total. The van der Waals surface area contributed by atoms with Crippen LogP contribution >= 0.6 is 7.82 Å². The predicted molar refractivity (Wildman–Crippen MR) is 165 cm³/mol. The zero-order valence-corrected chi connectivity index (χ0v) is 27.1. The highest BCUT2D eigenvalue weighted by Gasteiger charge is 2.26. The summed E-state index contributed by atoms with van der Waals surface area (Å²) in [4.78, 5) is 22.5.